The number of rotatable bonds is 2. The molecule has 1 N–H and O–H groups in total. The summed E-state index contributed by atoms with van der Waals surface area (Å²) in [5, 5.41) is 11.1. The average molecular weight is 260 g/mol. The highest BCUT2D eigenvalue weighted by Gasteiger charge is 2.38. The third-order valence-corrected chi connectivity index (χ3v) is 5.33. The van der Waals surface area contributed by atoms with Crippen LogP contribution in [-0.2, 0) is 5.60 Å². The van der Waals surface area contributed by atoms with Gasteiger partial charge in [-0.1, -0.05) is 44.0 Å². The Kier molecular flexibility index (Phi) is 4.06. The van der Waals surface area contributed by atoms with Crippen LogP contribution in [0.25, 0.3) is 0 Å². The monoisotopic (exact) mass is 260 g/mol. The van der Waals surface area contributed by atoms with Gasteiger partial charge in [-0.05, 0) is 62.5 Å². The maximum absolute atomic E-state index is 11.1. The molecule has 0 aromatic heterocycles. The second-order valence-corrected chi connectivity index (χ2v) is 6.93. The van der Waals surface area contributed by atoms with E-state index < -0.39 is 5.60 Å². The second kappa shape index (κ2) is 5.28. The molecule has 1 aromatic carbocycles. The van der Waals surface area contributed by atoms with Gasteiger partial charge in [-0.25, -0.2) is 0 Å². The fraction of sp³-hybridized carbons (Fsp3) is 0.667. The summed E-state index contributed by atoms with van der Waals surface area (Å²) in [7, 11) is 0. The van der Waals surface area contributed by atoms with E-state index in [4.69, 9.17) is 0 Å². The Labute approximate surface area is 118 Å². The van der Waals surface area contributed by atoms with Crippen LogP contribution in [0.2, 0.25) is 0 Å². The maximum Gasteiger partial charge on any atom is 0.0899 e. The van der Waals surface area contributed by atoms with Crippen LogP contribution in [0.1, 0.15) is 56.7 Å². The summed E-state index contributed by atoms with van der Waals surface area (Å²) in [6.45, 7) is 10.9. The molecule has 1 aromatic rings. The van der Waals surface area contributed by atoms with Crippen molar-refractivity contribution in [2.75, 3.05) is 0 Å². The lowest BCUT2D eigenvalue weighted by Crippen LogP contribution is -2.37. The Bertz CT molecular complexity index is 447. The van der Waals surface area contributed by atoms with E-state index in [1.165, 1.54) is 17.5 Å². The molecule has 1 aliphatic carbocycles. The molecule has 0 amide bonds. The summed E-state index contributed by atoms with van der Waals surface area (Å²) in [6, 6.07) is 6.42. The van der Waals surface area contributed by atoms with Gasteiger partial charge in [0.05, 0.1) is 5.60 Å². The van der Waals surface area contributed by atoms with E-state index in [0.29, 0.717) is 5.92 Å². The van der Waals surface area contributed by atoms with Crippen LogP contribution in [0.4, 0.5) is 0 Å². The topological polar surface area (TPSA) is 20.2 Å². The van der Waals surface area contributed by atoms with Crippen molar-refractivity contribution in [1.82, 2.24) is 0 Å². The van der Waals surface area contributed by atoms with Crippen LogP contribution >= 0.6 is 0 Å². The highest BCUT2D eigenvalue weighted by Crippen LogP contribution is 2.43. The number of hydrogen-bond donors (Lipinski definition) is 1. The van der Waals surface area contributed by atoms with Crippen molar-refractivity contribution in [3.8, 4) is 0 Å². The molecule has 1 nitrogen and oxygen atoms in total. The fourth-order valence-corrected chi connectivity index (χ4v) is 3.56. The number of benzene rings is 1. The highest BCUT2D eigenvalue weighted by atomic mass is 16.3. The van der Waals surface area contributed by atoms with Crippen LogP contribution in [0, 0.1) is 31.6 Å². The van der Waals surface area contributed by atoms with Gasteiger partial charge in [-0.2, -0.15) is 0 Å². The van der Waals surface area contributed by atoms with E-state index in [9.17, 15) is 5.11 Å². The first-order valence-electron chi connectivity index (χ1n) is 7.62. The minimum absolute atomic E-state index is 0.388. The van der Waals surface area contributed by atoms with Crippen LogP contribution in [0.5, 0.6) is 0 Å². The second-order valence-electron chi connectivity index (χ2n) is 6.93. The Morgan fingerprint density at radius 1 is 1.11 bits per heavy atom. The molecule has 0 spiro atoms. The Balaban J connectivity index is 2.29. The molecule has 0 radical (unpaired) electrons. The molecule has 0 saturated heterocycles. The van der Waals surface area contributed by atoms with Crippen LogP contribution in [0.3, 0.4) is 0 Å². The van der Waals surface area contributed by atoms with E-state index in [-0.39, 0.29) is 0 Å². The third kappa shape index (κ3) is 2.86. The summed E-state index contributed by atoms with van der Waals surface area (Å²) >= 11 is 0. The van der Waals surface area contributed by atoms with Gasteiger partial charge in [-0.3, -0.25) is 0 Å². The summed E-state index contributed by atoms with van der Waals surface area (Å²) < 4.78 is 0. The normalized spacial score (nSPS) is 30.9. The van der Waals surface area contributed by atoms with Crippen molar-refractivity contribution in [1.29, 1.82) is 0 Å². The summed E-state index contributed by atoms with van der Waals surface area (Å²) in [5.74, 6) is 1.90. The first-order chi connectivity index (χ1) is 8.82. The van der Waals surface area contributed by atoms with Crippen molar-refractivity contribution in [3.63, 3.8) is 0 Å². The molecular weight excluding hydrogens is 232 g/mol. The minimum Gasteiger partial charge on any atom is -0.385 e. The zero-order valence-electron chi connectivity index (χ0n) is 13.0. The molecule has 0 aliphatic heterocycles. The quantitative estimate of drug-likeness (QED) is 0.825. The van der Waals surface area contributed by atoms with Gasteiger partial charge in [0, 0.05) is 0 Å². The third-order valence-electron chi connectivity index (χ3n) is 5.33. The van der Waals surface area contributed by atoms with Crippen molar-refractivity contribution < 1.29 is 5.11 Å². The average Bonchev–Trinajstić information content (AvgIpc) is 2.35. The van der Waals surface area contributed by atoms with E-state index in [2.05, 4.69) is 45.9 Å². The van der Waals surface area contributed by atoms with Crippen molar-refractivity contribution in [2.45, 2.75) is 59.5 Å². The lowest BCUT2D eigenvalue weighted by atomic mass is 9.67. The Morgan fingerprint density at radius 3 is 2.42 bits per heavy atom. The molecule has 2 rings (SSSR count). The lowest BCUT2D eigenvalue weighted by Gasteiger charge is -2.41. The maximum atomic E-state index is 11.1. The van der Waals surface area contributed by atoms with E-state index in [0.717, 1.165) is 30.2 Å². The van der Waals surface area contributed by atoms with Gasteiger partial charge in [0.1, 0.15) is 0 Å². The first kappa shape index (κ1) is 14.6. The van der Waals surface area contributed by atoms with Crippen molar-refractivity contribution >= 4 is 0 Å². The predicted molar refractivity (Wildman–Crippen MR) is 81.2 cm³/mol. The van der Waals surface area contributed by atoms with Gasteiger partial charge in [0.2, 0.25) is 0 Å². The molecule has 4 atom stereocenters. The van der Waals surface area contributed by atoms with Crippen molar-refractivity contribution in [2.24, 2.45) is 17.8 Å². The standard InChI is InChI=1S/C18H28O/c1-12-6-7-14(3)17(10-12)18(5,19)16-9-8-13(2)15(4)11-16/h6-7,10,13,15-16,19H,8-9,11H2,1-5H3. The molecule has 1 heteroatoms. The molecule has 1 aliphatic rings. The summed E-state index contributed by atoms with van der Waals surface area (Å²) in [5.41, 5.74) is 2.88. The Morgan fingerprint density at radius 2 is 1.79 bits per heavy atom. The first-order valence-corrected chi connectivity index (χ1v) is 7.62. The SMILES string of the molecule is Cc1ccc(C)c(C(C)(O)C2CCC(C)C(C)C2)c1. The van der Waals surface area contributed by atoms with E-state index in [1.807, 2.05) is 6.92 Å². The minimum atomic E-state index is -0.690. The molecule has 0 bridgehead atoms. The number of aryl methyl sites for hydroxylation is 2. The number of aliphatic hydroxyl groups is 1. The molecule has 0 heterocycles. The van der Waals surface area contributed by atoms with Gasteiger partial charge in [-0.15, -0.1) is 0 Å². The highest BCUT2D eigenvalue weighted by molar-refractivity contribution is 5.35. The van der Waals surface area contributed by atoms with Crippen LogP contribution < -0.4 is 0 Å². The van der Waals surface area contributed by atoms with Gasteiger partial charge in [0.15, 0.2) is 0 Å². The summed E-state index contributed by atoms with van der Waals surface area (Å²) in [6.07, 6.45) is 3.53. The van der Waals surface area contributed by atoms with E-state index >= 15 is 0 Å². The van der Waals surface area contributed by atoms with Crippen LogP contribution in [0.15, 0.2) is 18.2 Å². The van der Waals surface area contributed by atoms with Crippen molar-refractivity contribution in [3.05, 3.63) is 34.9 Å². The Hall–Kier alpha value is -0.820. The zero-order chi connectivity index (χ0) is 14.2. The fourth-order valence-electron chi connectivity index (χ4n) is 3.56. The summed E-state index contributed by atoms with van der Waals surface area (Å²) in [4.78, 5) is 0. The number of hydrogen-bond acceptors (Lipinski definition) is 1. The smallest absolute Gasteiger partial charge is 0.0899 e. The predicted octanol–water partition coefficient (Wildman–Crippen LogP) is 4.58. The van der Waals surface area contributed by atoms with Gasteiger partial charge < -0.3 is 5.11 Å². The molecule has 19 heavy (non-hydrogen) atoms. The lowest BCUT2D eigenvalue weighted by molar-refractivity contribution is -0.0375. The van der Waals surface area contributed by atoms with Crippen LogP contribution in [-0.4, -0.2) is 5.11 Å². The molecule has 106 valence electrons. The zero-order valence-corrected chi connectivity index (χ0v) is 13.0. The van der Waals surface area contributed by atoms with E-state index in [1.54, 1.807) is 0 Å². The molecule has 1 saturated carbocycles. The van der Waals surface area contributed by atoms with Gasteiger partial charge >= 0.3 is 0 Å². The molecule has 1 fully saturated rings. The van der Waals surface area contributed by atoms with Gasteiger partial charge in [0.25, 0.3) is 0 Å². The largest absolute Gasteiger partial charge is 0.385 e. The molecular formula is C18H28O. The molecule has 4 unspecified atom stereocenters.